The predicted octanol–water partition coefficient (Wildman–Crippen LogP) is 2.06. The van der Waals surface area contributed by atoms with Gasteiger partial charge < -0.3 is 9.64 Å². The number of rotatable bonds is 2. The first-order valence-corrected chi connectivity index (χ1v) is 7.57. The Morgan fingerprint density at radius 3 is 2.83 bits per heavy atom. The molecular formula is C16H16ClN3O3. The molecule has 23 heavy (non-hydrogen) atoms. The number of fused-ring (bicyclic) bond motifs is 1. The highest BCUT2D eigenvalue weighted by molar-refractivity contribution is 6.30. The van der Waals surface area contributed by atoms with Crippen LogP contribution in [0.25, 0.3) is 0 Å². The molecule has 2 heterocycles. The van der Waals surface area contributed by atoms with Gasteiger partial charge in [0.25, 0.3) is 5.91 Å². The van der Waals surface area contributed by atoms with Crippen molar-refractivity contribution in [2.75, 3.05) is 13.7 Å². The van der Waals surface area contributed by atoms with Crippen LogP contribution >= 0.6 is 11.6 Å². The summed E-state index contributed by atoms with van der Waals surface area (Å²) in [6.45, 7) is 0.926. The molecular weight excluding hydrogens is 318 g/mol. The van der Waals surface area contributed by atoms with E-state index in [-0.39, 0.29) is 5.91 Å². The lowest BCUT2D eigenvalue weighted by Crippen LogP contribution is -2.36. The Kier molecular flexibility index (Phi) is 4.09. The van der Waals surface area contributed by atoms with Gasteiger partial charge in [-0.2, -0.15) is 5.10 Å². The fourth-order valence-corrected chi connectivity index (χ4v) is 3.00. The predicted molar refractivity (Wildman–Crippen MR) is 84.4 cm³/mol. The maximum atomic E-state index is 12.6. The maximum absolute atomic E-state index is 12.6. The molecule has 0 spiro atoms. The van der Waals surface area contributed by atoms with Crippen LogP contribution in [0.3, 0.4) is 0 Å². The minimum absolute atomic E-state index is 0.0843. The third kappa shape index (κ3) is 2.82. The van der Waals surface area contributed by atoms with E-state index < -0.39 is 5.97 Å². The summed E-state index contributed by atoms with van der Waals surface area (Å²) in [5.41, 5.74) is 2.60. The van der Waals surface area contributed by atoms with E-state index in [0.29, 0.717) is 35.8 Å². The number of ether oxygens (including phenoxy) is 1. The third-order valence-electron chi connectivity index (χ3n) is 3.98. The molecule has 3 rings (SSSR count). The van der Waals surface area contributed by atoms with E-state index in [1.165, 1.54) is 7.11 Å². The number of carbonyl (C=O) groups is 2. The molecule has 7 heteroatoms. The zero-order valence-electron chi connectivity index (χ0n) is 12.9. The molecule has 0 bridgehead atoms. The zero-order chi connectivity index (χ0) is 16.6. The molecule has 1 aliphatic heterocycles. The Morgan fingerprint density at radius 1 is 1.35 bits per heavy atom. The van der Waals surface area contributed by atoms with Gasteiger partial charge in [-0.1, -0.05) is 17.7 Å². The maximum Gasteiger partial charge on any atom is 0.358 e. The quantitative estimate of drug-likeness (QED) is 0.789. The van der Waals surface area contributed by atoms with Gasteiger partial charge in [0.05, 0.1) is 19.3 Å². The number of carbonyl (C=O) groups excluding carboxylic acids is 2. The Bertz CT molecular complexity index is 785. The van der Waals surface area contributed by atoms with Crippen LogP contribution in [0.15, 0.2) is 24.3 Å². The normalized spacial score (nSPS) is 13.6. The second kappa shape index (κ2) is 6.04. The van der Waals surface area contributed by atoms with E-state index in [1.54, 1.807) is 40.9 Å². The van der Waals surface area contributed by atoms with Crippen LogP contribution in [-0.4, -0.2) is 40.2 Å². The average Bonchev–Trinajstić information content (AvgIpc) is 2.90. The lowest BCUT2D eigenvalue weighted by Gasteiger charge is -2.27. The fraction of sp³-hybridized carbons (Fsp3) is 0.312. The lowest BCUT2D eigenvalue weighted by atomic mass is 10.0. The number of aromatic nitrogens is 2. The van der Waals surface area contributed by atoms with Gasteiger partial charge in [-0.3, -0.25) is 9.48 Å². The van der Waals surface area contributed by atoms with Gasteiger partial charge in [-0.05, 0) is 24.6 Å². The number of halogens is 1. The molecule has 1 aromatic heterocycles. The van der Waals surface area contributed by atoms with Crippen LogP contribution in [0.1, 0.15) is 32.1 Å². The highest BCUT2D eigenvalue weighted by Gasteiger charge is 2.29. The van der Waals surface area contributed by atoms with Crippen LogP contribution in [0, 0.1) is 0 Å². The van der Waals surface area contributed by atoms with E-state index in [1.807, 2.05) is 0 Å². The van der Waals surface area contributed by atoms with E-state index in [2.05, 4.69) is 5.10 Å². The first kappa shape index (κ1) is 15.6. The number of amides is 1. The molecule has 0 saturated heterocycles. The summed E-state index contributed by atoms with van der Waals surface area (Å²) in [4.78, 5) is 26.1. The molecule has 0 radical (unpaired) electrons. The summed E-state index contributed by atoms with van der Waals surface area (Å²) >= 11 is 5.95. The second-order valence-electron chi connectivity index (χ2n) is 5.38. The fourth-order valence-electron chi connectivity index (χ4n) is 2.81. The largest absolute Gasteiger partial charge is 0.464 e. The molecule has 0 saturated carbocycles. The van der Waals surface area contributed by atoms with Crippen molar-refractivity contribution in [3.8, 4) is 0 Å². The molecule has 6 nitrogen and oxygen atoms in total. The lowest BCUT2D eigenvalue weighted by molar-refractivity contribution is 0.0591. The van der Waals surface area contributed by atoms with Gasteiger partial charge in [0.2, 0.25) is 0 Å². The molecule has 0 aliphatic carbocycles. The summed E-state index contributed by atoms with van der Waals surface area (Å²) in [5, 5.41) is 4.76. The summed E-state index contributed by atoms with van der Waals surface area (Å²) in [6, 6.07) is 6.89. The van der Waals surface area contributed by atoms with Crippen LogP contribution in [0.4, 0.5) is 0 Å². The molecule has 0 N–H and O–H groups in total. The van der Waals surface area contributed by atoms with E-state index >= 15 is 0 Å². The number of methoxy groups -OCH3 is 1. The van der Waals surface area contributed by atoms with Gasteiger partial charge in [0.15, 0.2) is 5.69 Å². The molecule has 1 amide bonds. The van der Waals surface area contributed by atoms with Gasteiger partial charge in [-0.15, -0.1) is 0 Å². The Morgan fingerprint density at radius 2 is 2.13 bits per heavy atom. The summed E-state index contributed by atoms with van der Waals surface area (Å²) in [6.07, 6.45) is 0.569. The minimum Gasteiger partial charge on any atom is -0.464 e. The Labute approximate surface area is 138 Å². The monoisotopic (exact) mass is 333 g/mol. The number of benzene rings is 1. The molecule has 120 valence electrons. The topological polar surface area (TPSA) is 64.4 Å². The number of hydrogen-bond acceptors (Lipinski definition) is 4. The van der Waals surface area contributed by atoms with Crippen molar-refractivity contribution >= 4 is 23.5 Å². The first-order chi connectivity index (χ1) is 11.0. The summed E-state index contributed by atoms with van der Waals surface area (Å²) in [7, 11) is 3.10. The van der Waals surface area contributed by atoms with E-state index in [9.17, 15) is 9.59 Å². The minimum atomic E-state index is -0.448. The molecule has 0 fully saturated rings. The second-order valence-corrected chi connectivity index (χ2v) is 5.81. The van der Waals surface area contributed by atoms with Crippen molar-refractivity contribution in [1.82, 2.24) is 14.7 Å². The summed E-state index contributed by atoms with van der Waals surface area (Å²) in [5.74, 6) is -0.532. The Hall–Kier alpha value is -2.34. The van der Waals surface area contributed by atoms with Crippen molar-refractivity contribution in [2.45, 2.75) is 13.0 Å². The average molecular weight is 334 g/mol. The van der Waals surface area contributed by atoms with Gasteiger partial charge in [0, 0.05) is 29.7 Å². The highest BCUT2D eigenvalue weighted by Crippen LogP contribution is 2.24. The third-order valence-corrected chi connectivity index (χ3v) is 4.22. The molecule has 1 aliphatic rings. The Balaban J connectivity index is 1.87. The van der Waals surface area contributed by atoms with E-state index in [4.69, 9.17) is 16.3 Å². The van der Waals surface area contributed by atoms with Crippen LogP contribution in [0.2, 0.25) is 5.02 Å². The summed E-state index contributed by atoms with van der Waals surface area (Å²) < 4.78 is 6.40. The van der Waals surface area contributed by atoms with Crippen LogP contribution < -0.4 is 0 Å². The van der Waals surface area contributed by atoms with Crippen molar-refractivity contribution < 1.29 is 14.3 Å². The van der Waals surface area contributed by atoms with Gasteiger partial charge in [-0.25, -0.2) is 4.79 Å². The van der Waals surface area contributed by atoms with Crippen molar-refractivity contribution in [3.63, 3.8) is 0 Å². The van der Waals surface area contributed by atoms with Crippen LogP contribution in [0.5, 0.6) is 0 Å². The van der Waals surface area contributed by atoms with Crippen LogP contribution in [-0.2, 0) is 24.8 Å². The number of nitrogens with zero attached hydrogens (tertiary/aromatic N) is 3. The molecule has 2 aromatic rings. The molecule has 1 aromatic carbocycles. The SMILES string of the molecule is COC(=O)c1nn(C)c2c1CCN(C(=O)c1cccc(Cl)c1)C2. The highest BCUT2D eigenvalue weighted by atomic mass is 35.5. The number of esters is 1. The molecule has 0 unspecified atom stereocenters. The zero-order valence-corrected chi connectivity index (χ0v) is 13.6. The van der Waals surface area contributed by atoms with Crippen molar-refractivity contribution in [1.29, 1.82) is 0 Å². The van der Waals surface area contributed by atoms with E-state index in [0.717, 1.165) is 11.3 Å². The number of aryl methyl sites for hydroxylation is 1. The first-order valence-electron chi connectivity index (χ1n) is 7.19. The standard InChI is InChI=1S/C16H16ClN3O3/c1-19-13-9-20(15(21)10-4-3-5-11(17)8-10)7-6-12(13)14(18-19)16(22)23-2/h3-5,8H,6-7,9H2,1-2H3. The van der Waals surface area contributed by atoms with Crippen molar-refractivity contribution in [2.24, 2.45) is 7.05 Å². The molecule has 0 atom stereocenters. The van der Waals surface area contributed by atoms with Gasteiger partial charge in [0.1, 0.15) is 0 Å². The van der Waals surface area contributed by atoms with Crippen molar-refractivity contribution in [3.05, 3.63) is 51.8 Å². The number of hydrogen-bond donors (Lipinski definition) is 0. The smallest absolute Gasteiger partial charge is 0.358 e. The van der Waals surface area contributed by atoms with Gasteiger partial charge >= 0.3 is 5.97 Å².